The van der Waals surface area contributed by atoms with Crippen LogP contribution in [0.3, 0.4) is 0 Å². The molecular formula is C21H21N7O4S2. The van der Waals surface area contributed by atoms with E-state index in [2.05, 4.69) is 26.2 Å². The van der Waals surface area contributed by atoms with Gasteiger partial charge in [-0.05, 0) is 13.0 Å². The molecular weight excluding hydrogens is 478 g/mol. The molecule has 34 heavy (non-hydrogen) atoms. The monoisotopic (exact) mass is 499 g/mol. The van der Waals surface area contributed by atoms with Gasteiger partial charge in [-0.2, -0.15) is 5.26 Å². The van der Waals surface area contributed by atoms with Gasteiger partial charge in [0.2, 0.25) is 0 Å². The first-order chi connectivity index (χ1) is 16.4. The van der Waals surface area contributed by atoms with E-state index in [1.54, 1.807) is 24.6 Å². The molecule has 176 valence electrons. The van der Waals surface area contributed by atoms with E-state index in [9.17, 15) is 15.5 Å². The summed E-state index contributed by atoms with van der Waals surface area (Å²) in [6, 6.07) is 2.87. The van der Waals surface area contributed by atoms with Crippen molar-refractivity contribution in [3.63, 3.8) is 0 Å². The van der Waals surface area contributed by atoms with Crippen molar-refractivity contribution in [2.75, 3.05) is 12.8 Å². The number of rotatable bonds is 6. The van der Waals surface area contributed by atoms with E-state index in [-0.39, 0.29) is 5.69 Å². The van der Waals surface area contributed by atoms with Crippen LogP contribution in [0.15, 0.2) is 28.7 Å². The van der Waals surface area contributed by atoms with Crippen LogP contribution >= 0.6 is 23.1 Å². The molecule has 4 rings (SSSR count). The van der Waals surface area contributed by atoms with Crippen LogP contribution in [0.5, 0.6) is 0 Å². The van der Waals surface area contributed by atoms with Crippen LogP contribution in [-0.2, 0) is 9.47 Å². The molecule has 13 heteroatoms. The Bertz CT molecular complexity index is 1250. The number of ether oxygens (including phenoxy) is 2. The van der Waals surface area contributed by atoms with Crippen molar-refractivity contribution in [3.05, 3.63) is 35.1 Å². The summed E-state index contributed by atoms with van der Waals surface area (Å²) in [4.78, 5) is 8.73. The summed E-state index contributed by atoms with van der Waals surface area (Å²) >= 11 is 2.36. The number of thioether (sulfide) groups is 1. The molecule has 1 aliphatic heterocycles. The lowest BCUT2D eigenvalue weighted by atomic mass is 9.94. The van der Waals surface area contributed by atoms with Gasteiger partial charge in [0.1, 0.15) is 47.2 Å². The zero-order valence-electron chi connectivity index (χ0n) is 18.1. The summed E-state index contributed by atoms with van der Waals surface area (Å²) in [5.41, 5.74) is 6.47. The van der Waals surface area contributed by atoms with Gasteiger partial charge in [0.05, 0.1) is 12.3 Å². The number of terminal acetylenes is 1. The predicted octanol–water partition coefficient (Wildman–Crippen LogP) is 1.05. The number of thiazole rings is 1. The summed E-state index contributed by atoms with van der Waals surface area (Å²) in [7, 11) is 1.46. The number of hydrogen-bond donors (Lipinski definition) is 3. The molecule has 0 radical (unpaired) electrons. The number of hydrogen-bond acceptors (Lipinski definition) is 12. The lowest BCUT2D eigenvalue weighted by Crippen LogP contribution is -2.57. The summed E-state index contributed by atoms with van der Waals surface area (Å²) in [6.07, 6.45) is 4.85. The molecule has 6 atom stereocenters. The van der Waals surface area contributed by atoms with E-state index in [1.807, 2.05) is 6.07 Å². The normalized spacial score (nSPS) is 25.4. The van der Waals surface area contributed by atoms with Crippen molar-refractivity contribution in [1.82, 2.24) is 25.0 Å². The van der Waals surface area contributed by atoms with Gasteiger partial charge in [-0.1, -0.05) is 22.9 Å². The van der Waals surface area contributed by atoms with E-state index in [0.29, 0.717) is 27.0 Å². The average molecular weight is 500 g/mol. The molecule has 1 saturated heterocycles. The maximum absolute atomic E-state index is 11.3. The fourth-order valence-corrected chi connectivity index (χ4v) is 5.39. The molecule has 3 aromatic rings. The number of pyridine rings is 1. The van der Waals surface area contributed by atoms with E-state index in [4.69, 9.17) is 21.6 Å². The van der Waals surface area contributed by atoms with E-state index >= 15 is 0 Å². The quantitative estimate of drug-likeness (QED) is 0.415. The number of nitrogens with two attached hydrogens (primary N) is 1. The third-order valence-electron chi connectivity index (χ3n) is 5.30. The Balaban J connectivity index is 1.70. The van der Waals surface area contributed by atoms with Gasteiger partial charge in [-0.3, -0.25) is 0 Å². The highest BCUT2D eigenvalue weighted by Crippen LogP contribution is 2.41. The molecule has 0 spiro atoms. The Morgan fingerprint density at radius 2 is 2.24 bits per heavy atom. The smallest absolute Gasteiger partial charge is 0.180 e. The van der Waals surface area contributed by atoms with Crippen molar-refractivity contribution in [3.8, 4) is 29.8 Å². The second-order valence-corrected chi connectivity index (χ2v) is 9.52. The van der Waals surface area contributed by atoms with Gasteiger partial charge >= 0.3 is 0 Å². The van der Waals surface area contributed by atoms with Crippen LogP contribution in [0.2, 0.25) is 0 Å². The number of aliphatic hydroxyl groups is 2. The molecule has 0 amide bonds. The largest absolute Gasteiger partial charge is 0.391 e. The molecule has 1 aliphatic rings. The van der Waals surface area contributed by atoms with Gasteiger partial charge in [0, 0.05) is 29.1 Å². The Labute approximate surface area is 203 Å². The minimum absolute atomic E-state index is 0.142. The highest BCUT2D eigenvalue weighted by atomic mass is 32.2. The zero-order chi connectivity index (χ0) is 24.4. The second-order valence-electron chi connectivity index (χ2n) is 7.49. The van der Waals surface area contributed by atoms with E-state index < -0.39 is 35.9 Å². The van der Waals surface area contributed by atoms with Crippen molar-refractivity contribution in [2.24, 2.45) is 0 Å². The molecule has 1 fully saturated rings. The van der Waals surface area contributed by atoms with Crippen molar-refractivity contribution >= 4 is 28.2 Å². The van der Waals surface area contributed by atoms with Crippen molar-refractivity contribution in [1.29, 1.82) is 5.26 Å². The van der Waals surface area contributed by atoms with Crippen LogP contribution in [-0.4, -0.2) is 72.1 Å². The number of nitriles is 1. The molecule has 4 unspecified atom stereocenters. The van der Waals surface area contributed by atoms with Crippen LogP contribution in [0, 0.1) is 23.7 Å². The Morgan fingerprint density at radius 1 is 1.44 bits per heavy atom. The number of aliphatic hydroxyl groups excluding tert-OH is 2. The molecule has 4 N–H and O–H groups in total. The van der Waals surface area contributed by atoms with Crippen molar-refractivity contribution < 1.29 is 19.7 Å². The van der Waals surface area contributed by atoms with E-state index in [0.717, 1.165) is 11.8 Å². The average Bonchev–Trinajstić information content (AvgIpc) is 3.48. The zero-order valence-corrected chi connectivity index (χ0v) is 19.8. The molecule has 3 aromatic heterocycles. The lowest BCUT2D eigenvalue weighted by Gasteiger charge is -2.44. The number of methoxy groups -OCH3 is 1. The standard InChI is InChI=1S/C21H21N7O4S2/c1-4-11-5-15(12(6-22)24-7-11)34-20-17(30)16(19(31-3)18(32-20)10(2)29)28-8-13(26-27-28)14-9-33-21(23)25-14/h1,5,7-10,16-20,29-30H,2-3H3,(H2,23,25)/t10?,16?,17?,18?,19-,20-/m1/s1. The second kappa shape index (κ2) is 10.1. The summed E-state index contributed by atoms with van der Waals surface area (Å²) < 4.78 is 13.2. The first kappa shape index (κ1) is 24.1. The third-order valence-corrected chi connectivity index (χ3v) is 7.16. The predicted molar refractivity (Wildman–Crippen MR) is 124 cm³/mol. The number of anilines is 1. The summed E-state index contributed by atoms with van der Waals surface area (Å²) in [5, 5.41) is 41.7. The van der Waals surface area contributed by atoms with Gasteiger partial charge in [0.15, 0.2) is 10.8 Å². The molecule has 0 aromatic carbocycles. The van der Waals surface area contributed by atoms with Gasteiger partial charge < -0.3 is 25.4 Å². The third kappa shape index (κ3) is 4.63. The molecule has 0 saturated carbocycles. The van der Waals surface area contributed by atoms with Crippen molar-refractivity contribution in [2.45, 2.75) is 47.7 Å². The number of aromatic nitrogens is 5. The Morgan fingerprint density at radius 3 is 2.85 bits per heavy atom. The number of nitrogens with zero attached hydrogens (tertiary/aromatic N) is 6. The maximum Gasteiger partial charge on any atom is 0.180 e. The van der Waals surface area contributed by atoms with Gasteiger partial charge in [-0.15, -0.1) is 22.9 Å². The van der Waals surface area contributed by atoms with Crippen LogP contribution < -0.4 is 5.73 Å². The van der Waals surface area contributed by atoms with Crippen LogP contribution in [0.1, 0.15) is 24.2 Å². The van der Waals surface area contributed by atoms with Crippen LogP contribution in [0.25, 0.3) is 11.4 Å². The first-order valence-corrected chi connectivity index (χ1v) is 11.8. The SMILES string of the molecule is C#Cc1cnc(C#N)c(S[C@H]2OC(C(C)O)[C@H](OC)C(n3cc(-c4csc(N)n4)nn3)C2O)c1. The van der Waals surface area contributed by atoms with Gasteiger partial charge in [0.25, 0.3) is 0 Å². The first-order valence-electron chi connectivity index (χ1n) is 10.1. The molecule has 0 bridgehead atoms. The molecule has 0 aliphatic carbocycles. The summed E-state index contributed by atoms with van der Waals surface area (Å²) in [6.45, 7) is 1.57. The fraction of sp³-hybridized carbons (Fsp3) is 0.381. The molecule has 11 nitrogen and oxygen atoms in total. The van der Waals surface area contributed by atoms with E-state index in [1.165, 1.54) is 29.3 Å². The highest BCUT2D eigenvalue weighted by molar-refractivity contribution is 7.99. The Hall–Kier alpha value is -3.04. The van der Waals surface area contributed by atoms with Gasteiger partial charge in [-0.25, -0.2) is 14.6 Å². The minimum Gasteiger partial charge on any atom is -0.391 e. The summed E-state index contributed by atoms with van der Waals surface area (Å²) in [5.74, 6) is 2.48. The Kier molecular flexibility index (Phi) is 7.13. The highest BCUT2D eigenvalue weighted by Gasteiger charge is 2.49. The lowest BCUT2D eigenvalue weighted by molar-refractivity contribution is -0.202. The maximum atomic E-state index is 11.3. The van der Waals surface area contributed by atoms with Crippen LogP contribution in [0.4, 0.5) is 5.13 Å². The molecule has 4 heterocycles. The number of nitrogen functional groups attached to an aromatic ring is 1. The topological polar surface area (TPSA) is 165 Å². The minimum atomic E-state index is -1.17. The fourth-order valence-electron chi connectivity index (χ4n) is 3.70.